The lowest BCUT2D eigenvalue weighted by molar-refractivity contribution is 0.129. The van der Waals surface area contributed by atoms with Crippen molar-refractivity contribution in [3.8, 4) is 17.2 Å². The van der Waals surface area contributed by atoms with Crippen LogP contribution in [0.3, 0.4) is 0 Å². The molecule has 2 N–H and O–H groups in total. The fraction of sp³-hybridized carbons (Fsp3) is 0.217. The highest BCUT2D eigenvalue weighted by atomic mass is 35.5. The number of hydrogen-bond donors (Lipinski definition) is 2. The lowest BCUT2D eigenvalue weighted by Crippen LogP contribution is -2.40. The molecule has 0 spiro atoms. The third kappa shape index (κ3) is 5.37. The number of nitrogens with one attached hydrogen (secondary N) is 2. The van der Waals surface area contributed by atoms with Gasteiger partial charge in [0, 0.05) is 11.8 Å². The predicted molar refractivity (Wildman–Crippen MR) is 128 cm³/mol. The van der Waals surface area contributed by atoms with Crippen molar-refractivity contribution < 1.29 is 17.9 Å². The Bertz CT molecular complexity index is 1320. The molecule has 8 nitrogen and oxygen atoms in total. The molecule has 1 aliphatic rings. The van der Waals surface area contributed by atoms with Crippen LogP contribution in [0.25, 0.3) is 0 Å². The molecule has 0 bridgehead atoms. The number of aliphatic imine (C=N–C) groups is 1. The summed E-state index contributed by atoms with van der Waals surface area (Å²) < 4.78 is 40.1. The summed E-state index contributed by atoms with van der Waals surface area (Å²) in [7, 11) is -3.86. The number of halogens is 1. The van der Waals surface area contributed by atoms with Crippen LogP contribution in [-0.4, -0.2) is 25.0 Å². The van der Waals surface area contributed by atoms with Crippen LogP contribution in [0.1, 0.15) is 26.3 Å². The highest BCUT2D eigenvalue weighted by Crippen LogP contribution is 2.38. The van der Waals surface area contributed by atoms with E-state index in [1.54, 1.807) is 54.9 Å². The second-order valence-corrected chi connectivity index (χ2v) is 10.3. The zero-order chi connectivity index (χ0) is 23.6. The van der Waals surface area contributed by atoms with Gasteiger partial charge in [0.2, 0.25) is 5.96 Å². The predicted octanol–water partition coefficient (Wildman–Crippen LogP) is 4.96. The minimum Gasteiger partial charge on any atom is -0.486 e. The molecule has 0 amide bonds. The van der Waals surface area contributed by atoms with Crippen LogP contribution in [0.2, 0.25) is 5.02 Å². The molecule has 3 aromatic rings. The minimum absolute atomic E-state index is 0.0478. The molecule has 0 unspecified atom stereocenters. The molecule has 33 heavy (non-hydrogen) atoms. The molecule has 0 aliphatic carbocycles. The van der Waals surface area contributed by atoms with Crippen LogP contribution in [0.15, 0.2) is 70.8 Å². The average Bonchev–Trinajstić information content (AvgIpc) is 2.74. The molecule has 0 saturated carbocycles. The molecule has 2 heterocycles. The molecule has 0 atom stereocenters. The molecule has 10 heteroatoms. The highest BCUT2D eigenvalue weighted by molar-refractivity contribution is 7.90. The van der Waals surface area contributed by atoms with Crippen LogP contribution < -0.4 is 19.5 Å². The van der Waals surface area contributed by atoms with E-state index in [4.69, 9.17) is 21.1 Å². The van der Waals surface area contributed by atoms with Crippen molar-refractivity contribution in [2.45, 2.75) is 37.8 Å². The molecule has 1 aromatic heterocycles. The van der Waals surface area contributed by atoms with Crippen LogP contribution in [-0.2, 0) is 16.6 Å². The van der Waals surface area contributed by atoms with E-state index in [1.807, 2.05) is 20.8 Å². The largest absolute Gasteiger partial charge is 0.486 e. The first-order chi connectivity index (χ1) is 15.6. The van der Waals surface area contributed by atoms with Gasteiger partial charge in [-0.3, -0.25) is 4.98 Å². The number of fused-ring (bicyclic) bond motifs is 1. The van der Waals surface area contributed by atoms with Gasteiger partial charge in [-0.2, -0.15) is 0 Å². The number of aromatic nitrogens is 1. The molecule has 0 radical (unpaired) electrons. The van der Waals surface area contributed by atoms with E-state index < -0.39 is 15.6 Å². The van der Waals surface area contributed by atoms with Crippen LogP contribution >= 0.6 is 11.6 Å². The summed E-state index contributed by atoms with van der Waals surface area (Å²) in [4.78, 5) is 8.59. The molecule has 2 aromatic carbocycles. The summed E-state index contributed by atoms with van der Waals surface area (Å²) in [5.41, 5.74) is 0.620. The number of nitrogens with zero attached hydrogens (tertiary/aromatic N) is 2. The lowest BCUT2D eigenvalue weighted by atomic mass is 10.2. The second-order valence-electron chi connectivity index (χ2n) is 8.25. The first-order valence-corrected chi connectivity index (χ1v) is 12.0. The topological polar surface area (TPSA) is 102 Å². The Morgan fingerprint density at radius 1 is 1.03 bits per heavy atom. The van der Waals surface area contributed by atoms with Crippen molar-refractivity contribution in [1.29, 1.82) is 0 Å². The van der Waals surface area contributed by atoms with Gasteiger partial charge in [-0.1, -0.05) is 29.8 Å². The number of anilines is 1. The van der Waals surface area contributed by atoms with Crippen molar-refractivity contribution in [2.24, 2.45) is 4.99 Å². The van der Waals surface area contributed by atoms with Gasteiger partial charge in [0.05, 0.1) is 17.8 Å². The second kappa shape index (κ2) is 8.92. The number of ether oxygens (including phenoxy) is 2. The SMILES string of the molecule is CC(C)(C)Oc1cnccc1CN=C1Nc2c(Oc3ccccc3Cl)cccc2S(=O)(=O)N1. The summed E-state index contributed by atoms with van der Waals surface area (Å²) in [5, 5.41) is 3.44. The van der Waals surface area contributed by atoms with Gasteiger partial charge < -0.3 is 14.8 Å². The maximum atomic E-state index is 12.9. The molecular weight excluding hydrogens is 464 g/mol. The van der Waals surface area contributed by atoms with Crippen molar-refractivity contribution in [3.63, 3.8) is 0 Å². The van der Waals surface area contributed by atoms with E-state index >= 15 is 0 Å². The van der Waals surface area contributed by atoms with Crippen LogP contribution in [0, 0.1) is 0 Å². The van der Waals surface area contributed by atoms with E-state index in [2.05, 4.69) is 20.0 Å². The van der Waals surface area contributed by atoms with Gasteiger partial charge >= 0.3 is 0 Å². The first kappa shape index (κ1) is 22.9. The summed E-state index contributed by atoms with van der Waals surface area (Å²) in [6.45, 7) is 5.97. The smallest absolute Gasteiger partial charge is 0.266 e. The Morgan fingerprint density at radius 3 is 2.55 bits per heavy atom. The maximum absolute atomic E-state index is 12.9. The highest BCUT2D eigenvalue weighted by Gasteiger charge is 2.29. The van der Waals surface area contributed by atoms with E-state index in [0.29, 0.717) is 22.3 Å². The maximum Gasteiger partial charge on any atom is 0.266 e. The quantitative estimate of drug-likeness (QED) is 0.528. The zero-order valence-electron chi connectivity index (χ0n) is 18.3. The summed E-state index contributed by atoms with van der Waals surface area (Å²) in [6, 6.07) is 13.5. The van der Waals surface area contributed by atoms with E-state index in [9.17, 15) is 8.42 Å². The Morgan fingerprint density at radius 2 is 1.79 bits per heavy atom. The Hall–Kier alpha value is -3.30. The van der Waals surface area contributed by atoms with Crippen molar-refractivity contribution >= 4 is 33.3 Å². The summed E-state index contributed by atoms with van der Waals surface area (Å²) in [6.07, 6.45) is 3.25. The Balaban J connectivity index is 1.65. The lowest BCUT2D eigenvalue weighted by Gasteiger charge is -2.24. The molecule has 0 saturated heterocycles. The van der Waals surface area contributed by atoms with Gasteiger partial charge in [-0.25, -0.2) is 18.1 Å². The Kier molecular flexibility index (Phi) is 6.18. The van der Waals surface area contributed by atoms with Crippen molar-refractivity contribution in [2.75, 3.05) is 5.32 Å². The summed E-state index contributed by atoms with van der Waals surface area (Å²) in [5.74, 6) is 1.36. The number of sulfonamides is 1. The minimum atomic E-state index is -3.86. The molecule has 0 fully saturated rings. The van der Waals surface area contributed by atoms with Crippen molar-refractivity contribution in [1.82, 2.24) is 9.71 Å². The summed E-state index contributed by atoms with van der Waals surface area (Å²) >= 11 is 6.20. The number of pyridine rings is 1. The normalized spacial score (nSPS) is 15.8. The Labute approximate surface area is 197 Å². The average molecular weight is 487 g/mol. The number of benzene rings is 2. The molecular formula is C23H23ClN4O4S. The van der Waals surface area contributed by atoms with E-state index in [-0.39, 0.29) is 23.1 Å². The van der Waals surface area contributed by atoms with Crippen LogP contribution in [0.5, 0.6) is 17.2 Å². The van der Waals surface area contributed by atoms with E-state index in [1.165, 1.54) is 6.07 Å². The standard InChI is InChI=1S/C23H23ClN4O4S/c1-23(2,3)32-19-14-25-12-11-15(19)13-26-22-27-21-18(31-17-8-5-4-7-16(17)24)9-6-10-20(21)33(29,30)28-22/h4-12,14H,13H2,1-3H3,(H2,26,27,28). The third-order valence-electron chi connectivity index (χ3n) is 4.50. The van der Waals surface area contributed by atoms with Gasteiger partial charge in [0.15, 0.2) is 5.75 Å². The monoisotopic (exact) mass is 486 g/mol. The number of rotatable bonds is 5. The van der Waals surface area contributed by atoms with Crippen LogP contribution in [0.4, 0.5) is 5.69 Å². The van der Waals surface area contributed by atoms with E-state index in [0.717, 1.165) is 5.56 Å². The number of hydrogen-bond acceptors (Lipinski definition) is 6. The van der Waals surface area contributed by atoms with Gasteiger partial charge in [0.25, 0.3) is 10.0 Å². The van der Waals surface area contributed by atoms with Gasteiger partial charge in [0.1, 0.15) is 27.7 Å². The molecule has 1 aliphatic heterocycles. The molecule has 172 valence electrons. The zero-order valence-corrected chi connectivity index (χ0v) is 19.9. The van der Waals surface area contributed by atoms with Gasteiger partial charge in [-0.05, 0) is 51.1 Å². The number of para-hydroxylation sites is 2. The number of guanidine groups is 1. The fourth-order valence-electron chi connectivity index (χ4n) is 3.11. The first-order valence-electron chi connectivity index (χ1n) is 10.1. The van der Waals surface area contributed by atoms with Gasteiger partial charge in [-0.15, -0.1) is 0 Å². The van der Waals surface area contributed by atoms with Crippen molar-refractivity contribution in [3.05, 3.63) is 71.5 Å². The molecule has 4 rings (SSSR count). The third-order valence-corrected chi connectivity index (χ3v) is 6.20. The fourth-order valence-corrected chi connectivity index (χ4v) is 4.44.